The van der Waals surface area contributed by atoms with Crippen LogP contribution in [0.3, 0.4) is 0 Å². The Morgan fingerprint density at radius 2 is 1.72 bits per heavy atom. The topological polar surface area (TPSA) is 69.4 Å². The third kappa shape index (κ3) is 3.05. The summed E-state index contributed by atoms with van der Waals surface area (Å²) < 4.78 is 42.2. The van der Waals surface area contributed by atoms with Crippen molar-refractivity contribution in [3.05, 3.63) is 17.7 Å². The lowest BCUT2D eigenvalue weighted by Gasteiger charge is -2.32. The molecule has 0 spiro atoms. The van der Waals surface area contributed by atoms with Crippen molar-refractivity contribution in [3.8, 4) is 0 Å². The van der Waals surface area contributed by atoms with Crippen molar-refractivity contribution in [3.63, 3.8) is 0 Å². The molecule has 0 aliphatic carbocycles. The van der Waals surface area contributed by atoms with Crippen LogP contribution in [0.25, 0.3) is 11.0 Å². The van der Waals surface area contributed by atoms with Crippen LogP contribution < -0.4 is 5.46 Å². The molecule has 1 aromatic carbocycles. The number of fused-ring (bicyclic) bond motifs is 1. The van der Waals surface area contributed by atoms with Gasteiger partial charge in [-0.15, -0.1) is 5.10 Å². The smallest absolute Gasteiger partial charge is 0.399 e. The number of nitrogens with zero attached hydrogens (tertiary/aromatic N) is 3. The Morgan fingerprint density at radius 3 is 2.24 bits per heavy atom. The molecule has 0 atom stereocenters. The first-order valence-corrected chi connectivity index (χ1v) is 8.11. The van der Waals surface area contributed by atoms with Gasteiger partial charge in [-0.25, -0.2) is 13.5 Å². The van der Waals surface area contributed by atoms with Crippen LogP contribution in [0.15, 0.2) is 6.07 Å². The zero-order valence-electron chi connectivity index (χ0n) is 15.2. The molecule has 1 aliphatic heterocycles. The second-order valence-electron chi connectivity index (χ2n) is 8.11. The summed E-state index contributed by atoms with van der Waals surface area (Å²) in [5.74, 6) is -2.15. The first-order chi connectivity index (χ1) is 11.3. The van der Waals surface area contributed by atoms with Gasteiger partial charge < -0.3 is 14.4 Å². The number of benzene rings is 1. The Hall–Kier alpha value is -1.58. The van der Waals surface area contributed by atoms with Gasteiger partial charge in [0.15, 0.2) is 11.6 Å². The van der Waals surface area contributed by atoms with Crippen LogP contribution in [0.4, 0.5) is 8.78 Å². The Kier molecular flexibility index (Phi) is 3.98. The summed E-state index contributed by atoms with van der Waals surface area (Å²) in [4.78, 5) is 0. The highest BCUT2D eigenvalue weighted by Gasteiger charge is 2.52. The largest absolute Gasteiger partial charge is 0.498 e. The highest BCUT2D eigenvalue weighted by molar-refractivity contribution is 6.62. The van der Waals surface area contributed by atoms with E-state index >= 15 is 0 Å². The van der Waals surface area contributed by atoms with E-state index in [1.54, 1.807) is 13.8 Å². The SMILES string of the molecule is CC(C)(O)Cn1nnc2cc(B3OC(C)(C)C(C)(C)O3)c(F)c(F)c21. The van der Waals surface area contributed by atoms with E-state index in [4.69, 9.17) is 9.31 Å². The van der Waals surface area contributed by atoms with Gasteiger partial charge in [0.2, 0.25) is 0 Å². The van der Waals surface area contributed by atoms with Crippen molar-refractivity contribution in [2.75, 3.05) is 0 Å². The number of hydrogen-bond donors (Lipinski definition) is 1. The highest BCUT2D eigenvalue weighted by Crippen LogP contribution is 2.37. The maximum absolute atomic E-state index is 14.7. The molecule has 1 saturated heterocycles. The Labute approximate surface area is 145 Å². The summed E-state index contributed by atoms with van der Waals surface area (Å²) in [6.07, 6.45) is 0. The van der Waals surface area contributed by atoms with Crippen molar-refractivity contribution in [1.29, 1.82) is 0 Å². The molecule has 0 bridgehead atoms. The van der Waals surface area contributed by atoms with Crippen LogP contribution >= 0.6 is 0 Å². The van der Waals surface area contributed by atoms with Crippen molar-refractivity contribution in [2.45, 2.75) is 64.9 Å². The van der Waals surface area contributed by atoms with Gasteiger partial charge in [-0.3, -0.25) is 0 Å². The summed E-state index contributed by atoms with van der Waals surface area (Å²) >= 11 is 0. The molecular formula is C16H22BF2N3O3. The van der Waals surface area contributed by atoms with Gasteiger partial charge in [-0.2, -0.15) is 0 Å². The van der Waals surface area contributed by atoms with E-state index in [1.807, 2.05) is 27.7 Å². The summed E-state index contributed by atoms with van der Waals surface area (Å²) in [5, 5.41) is 17.6. The maximum atomic E-state index is 14.7. The third-order valence-electron chi connectivity index (χ3n) is 4.75. The average molecular weight is 353 g/mol. The molecule has 1 aliphatic rings. The summed E-state index contributed by atoms with van der Waals surface area (Å²) in [7, 11) is -1.04. The van der Waals surface area contributed by atoms with Gasteiger partial charge in [0, 0.05) is 5.46 Å². The number of rotatable bonds is 3. The van der Waals surface area contributed by atoms with Gasteiger partial charge in [0.05, 0.1) is 23.3 Å². The molecule has 0 amide bonds. The van der Waals surface area contributed by atoms with Crippen LogP contribution in [0.5, 0.6) is 0 Å². The van der Waals surface area contributed by atoms with Gasteiger partial charge >= 0.3 is 7.12 Å². The Bertz CT molecular complexity index is 814. The van der Waals surface area contributed by atoms with E-state index in [0.717, 1.165) is 4.68 Å². The lowest BCUT2D eigenvalue weighted by Crippen LogP contribution is -2.41. The fourth-order valence-corrected chi connectivity index (χ4v) is 2.71. The second kappa shape index (κ2) is 5.46. The number of halogens is 2. The first kappa shape index (κ1) is 18.2. The van der Waals surface area contributed by atoms with Crippen LogP contribution in [0, 0.1) is 11.6 Å². The van der Waals surface area contributed by atoms with Crippen molar-refractivity contribution in [2.24, 2.45) is 0 Å². The molecular weight excluding hydrogens is 331 g/mol. The van der Waals surface area contributed by atoms with Crippen molar-refractivity contribution in [1.82, 2.24) is 15.0 Å². The van der Waals surface area contributed by atoms with E-state index in [-0.39, 0.29) is 23.0 Å². The van der Waals surface area contributed by atoms with E-state index in [1.165, 1.54) is 6.07 Å². The minimum atomic E-state index is -1.14. The molecule has 1 N–H and O–H groups in total. The molecule has 0 saturated carbocycles. The van der Waals surface area contributed by atoms with E-state index in [0.29, 0.717) is 0 Å². The quantitative estimate of drug-likeness (QED) is 0.852. The minimum Gasteiger partial charge on any atom is -0.399 e. The summed E-state index contributed by atoms with van der Waals surface area (Å²) in [5.41, 5.74) is -2.47. The molecule has 2 aromatic rings. The summed E-state index contributed by atoms with van der Waals surface area (Å²) in [6.45, 7) is 10.4. The predicted octanol–water partition coefficient (Wildman–Crippen LogP) is 1.78. The molecule has 25 heavy (non-hydrogen) atoms. The van der Waals surface area contributed by atoms with Crippen LogP contribution in [0.1, 0.15) is 41.5 Å². The molecule has 9 heteroatoms. The second-order valence-corrected chi connectivity index (χ2v) is 8.11. The predicted molar refractivity (Wildman–Crippen MR) is 89.5 cm³/mol. The lowest BCUT2D eigenvalue weighted by atomic mass is 9.78. The fraction of sp³-hybridized carbons (Fsp3) is 0.625. The number of aromatic nitrogens is 3. The van der Waals surface area contributed by atoms with E-state index in [2.05, 4.69) is 10.3 Å². The van der Waals surface area contributed by atoms with Gasteiger partial charge in [0.1, 0.15) is 11.0 Å². The highest BCUT2D eigenvalue weighted by atomic mass is 19.2. The Morgan fingerprint density at radius 1 is 1.16 bits per heavy atom. The number of aliphatic hydroxyl groups is 1. The number of hydrogen-bond acceptors (Lipinski definition) is 5. The van der Waals surface area contributed by atoms with Crippen molar-refractivity contribution < 1.29 is 23.2 Å². The van der Waals surface area contributed by atoms with Gasteiger partial charge in [-0.05, 0) is 47.6 Å². The lowest BCUT2D eigenvalue weighted by molar-refractivity contribution is 0.00578. The van der Waals surface area contributed by atoms with Crippen molar-refractivity contribution >= 4 is 23.6 Å². The van der Waals surface area contributed by atoms with Crippen LogP contribution in [0.2, 0.25) is 0 Å². The van der Waals surface area contributed by atoms with E-state index < -0.39 is 35.6 Å². The molecule has 136 valence electrons. The normalized spacial score (nSPS) is 19.8. The van der Waals surface area contributed by atoms with Crippen LogP contribution in [-0.2, 0) is 15.9 Å². The standard InChI is InChI=1S/C16H22BF2N3O3/c1-14(2,23)8-22-13-10(20-21-22)7-9(11(18)12(13)19)17-24-15(3,4)16(5,6)25-17/h7,23H,8H2,1-6H3. The van der Waals surface area contributed by atoms with Crippen LogP contribution in [-0.4, -0.2) is 44.0 Å². The molecule has 2 heterocycles. The van der Waals surface area contributed by atoms with Gasteiger partial charge in [-0.1, -0.05) is 5.21 Å². The van der Waals surface area contributed by atoms with Gasteiger partial charge in [0.25, 0.3) is 0 Å². The molecule has 6 nitrogen and oxygen atoms in total. The monoisotopic (exact) mass is 353 g/mol. The molecule has 0 unspecified atom stereocenters. The summed E-state index contributed by atoms with van der Waals surface area (Å²) in [6, 6.07) is 1.38. The maximum Gasteiger partial charge on any atom is 0.498 e. The third-order valence-corrected chi connectivity index (χ3v) is 4.75. The average Bonchev–Trinajstić information content (AvgIpc) is 2.91. The molecule has 3 rings (SSSR count). The molecule has 1 fully saturated rings. The zero-order chi connectivity index (χ0) is 18.8. The zero-order valence-corrected chi connectivity index (χ0v) is 15.2. The molecule has 0 radical (unpaired) electrons. The van der Waals surface area contributed by atoms with E-state index in [9.17, 15) is 13.9 Å². The Balaban J connectivity index is 2.07. The first-order valence-electron chi connectivity index (χ1n) is 8.11. The molecule has 1 aromatic heterocycles. The fourth-order valence-electron chi connectivity index (χ4n) is 2.71. The minimum absolute atomic E-state index is 0.0182.